The summed E-state index contributed by atoms with van der Waals surface area (Å²) in [6.45, 7) is 9.63. The Balaban J connectivity index is 2.61. The number of hydrogen-bond acceptors (Lipinski definition) is 2. The van der Waals surface area contributed by atoms with Crippen LogP contribution in [-0.2, 0) is 11.3 Å². The largest absolute Gasteiger partial charge is 0.333 e. The standard InChI is InChI=1S/C14H21N3O2/c1-10-7-6-8-17(11(10)2)9-12(18)15-13(19)16-14(3,4)5/h6-8H,9H2,1-5H3,(H-,15,16,18,19)/p+1. The van der Waals surface area contributed by atoms with Crippen molar-refractivity contribution in [3.8, 4) is 0 Å². The molecule has 2 N–H and O–H groups in total. The Labute approximate surface area is 114 Å². The number of nitrogens with zero attached hydrogens (tertiary/aromatic N) is 1. The zero-order chi connectivity index (χ0) is 14.6. The molecule has 0 aliphatic carbocycles. The van der Waals surface area contributed by atoms with E-state index in [1.54, 1.807) is 0 Å². The highest BCUT2D eigenvalue weighted by Gasteiger charge is 2.19. The molecule has 1 heterocycles. The summed E-state index contributed by atoms with van der Waals surface area (Å²) in [6.07, 6.45) is 1.82. The lowest BCUT2D eigenvalue weighted by atomic mass is 10.1. The van der Waals surface area contributed by atoms with Crippen LogP contribution in [0.3, 0.4) is 0 Å². The number of amides is 3. The summed E-state index contributed by atoms with van der Waals surface area (Å²) >= 11 is 0. The zero-order valence-corrected chi connectivity index (χ0v) is 12.2. The predicted octanol–water partition coefficient (Wildman–Crippen LogP) is 1.22. The molecule has 1 aromatic heterocycles. The van der Waals surface area contributed by atoms with Crippen molar-refractivity contribution in [3.63, 3.8) is 0 Å². The highest BCUT2D eigenvalue weighted by Crippen LogP contribution is 1.99. The molecule has 1 aromatic rings. The van der Waals surface area contributed by atoms with Crippen LogP contribution in [-0.4, -0.2) is 17.5 Å². The molecule has 0 radical (unpaired) electrons. The van der Waals surface area contributed by atoms with E-state index in [0.717, 1.165) is 11.3 Å². The molecule has 0 bridgehead atoms. The van der Waals surface area contributed by atoms with Crippen molar-refractivity contribution in [2.75, 3.05) is 0 Å². The van der Waals surface area contributed by atoms with Crippen molar-refractivity contribution < 1.29 is 14.2 Å². The van der Waals surface area contributed by atoms with E-state index in [2.05, 4.69) is 10.6 Å². The van der Waals surface area contributed by atoms with E-state index in [1.807, 2.05) is 57.5 Å². The first kappa shape index (κ1) is 15.1. The molecule has 0 unspecified atom stereocenters. The Morgan fingerprint density at radius 3 is 2.47 bits per heavy atom. The van der Waals surface area contributed by atoms with Crippen molar-refractivity contribution in [1.29, 1.82) is 0 Å². The van der Waals surface area contributed by atoms with Crippen molar-refractivity contribution >= 4 is 11.9 Å². The summed E-state index contributed by atoms with van der Waals surface area (Å²) in [6, 6.07) is 3.39. The van der Waals surface area contributed by atoms with Crippen LogP contribution in [0, 0.1) is 13.8 Å². The number of aryl methyl sites for hydroxylation is 1. The lowest BCUT2D eigenvalue weighted by molar-refractivity contribution is -0.690. The number of rotatable bonds is 2. The third kappa shape index (κ3) is 5.07. The minimum atomic E-state index is -0.469. The van der Waals surface area contributed by atoms with E-state index >= 15 is 0 Å². The number of imide groups is 1. The molecule has 3 amide bonds. The fourth-order valence-electron chi connectivity index (χ4n) is 1.61. The van der Waals surface area contributed by atoms with E-state index < -0.39 is 6.03 Å². The summed E-state index contributed by atoms with van der Waals surface area (Å²) in [5.74, 6) is -0.333. The van der Waals surface area contributed by atoms with E-state index in [1.165, 1.54) is 0 Å². The first-order chi connectivity index (χ1) is 8.69. The lowest BCUT2D eigenvalue weighted by Gasteiger charge is -2.20. The van der Waals surface area contributed by atoms with Crippen LogP contribution in [0.4, 0.5) is 4.79 Å². The molecule has 1 rings (SSSR count). The average Bonchev–Trinajstić information content (AvgIpc) is 2.21. The molecule has 0 aliphatic rings. The van der Waals surface area contributed by atoms with E-state index in [0.29, 0.717) is 0 Å². The van der Waals surface area contributed by atoms with Crippen LogP contribution in [0.15, 0.2) is 18.3 Å². The van der Waals surface area contributed by atoms with Crippen molar-refractivity contribution in [1.82, 2.24) is 10.6 Å². The van der Waals surface area contributed by atoms with E-state index in [-0.39, 0.29) is 18.0 Å². The molecule has 104 valence electrons. The molecule has 0 saturated heterocycles. The van der Waals surface area contributed by atoms with Gasteiger partial charge in [0.2, 0.25) is 6.54 Å². The first-order valence-electron chi connectivity index (χ1n) is 6.27. The summed E-state index contributed by atoms with van der Waals surface area (Å²) in [5.41, 5.74) is 1.75. The summed E-state index contributed by atoms with van der Waals surface area (Å²) < 4.78 is 1.81. The van der Waals surface area contributed by atoms with Crippen LogP contribution in [0.25, 0.3) is 0 Å². The molecule has 0 fully saturated rings. The van der Waals surface area contributed by atoms with Gasteiger partial charge in [-0.25, -0.2) is 4.79 Å². The molecule has 0 aromatic carbocycles. The second kappa shape index (κ2) is 5.82. The molecule has 0 spiro atoms. The number of hydrogen-bond donors (Lipinski definition) is 2. The Bertz CT molecular complexity index is 490. The van der Waals surface area contributed by atoms with Crippen LogP contribution in [0.2, 0.25) is 0 Å². The molecular formula is C14H22N3O2+. The number of carbonyl (C=O) groups is 2. The van der Waals surface area contributed by atoms with Gasteiger partial charge in [-0.3, -0.25) is 10.1 Å². The van der Waals surface area contributed by atoms with Gasteiger partial charge in [-0.05, 0) is 33.8 Å². The number of pyridine rings is 1. The van der Waals surface area contributed by atoms with Gasteiger partial charge >= 0.3 is 6.03 Å². The average molecular weight is 264 g/mol. The molecule has 5 nitrogen and oxygen atoms in total. The lowest BCUT2D eigenvalue weighted by Crippen LogP contribution is -2.52. The quantitative estimate of drug-likeness (QED) is 0.789. The summed E-state index contributed by atoms with van der Waals surface area (Å²) in [5, 5.41) is 5.00. The van der Waals surface area contributed by atoms with E-state index in [9.17, 15) is 9.59 Å². The Hall–Kier alpha value is -1.91. The van der Waals surface area contributed by atoms with Gasteiger partial charge in [-0.2, -0.15) is 4.57 Å². The maximum absolute atomic E-state index is 11.8. The SMILES string of the molecule is Cc1ccc[n+](CC(=O)NC(=O)NC(C)(C)C)c1C. The number of carbonyl (C=O) groups excluding carboxylic acids is 2. The Morgan fingerprint density at radius 1 is 1.26 bits per heavy atom. The first-order valence-corrected chi connectivity index (χ1v) is 6.27. The molecular weight excluding hydrogens is 242 g/mol. The maximum atomic E-state index is 11.8. The van der Waals surface area contributed by atoms with Gasteiger partial charge in [0, 0.05) is 24.1 Å². The topological polar surface area (TPSA) is 62.1 Å². The molecule has 0 atom stereocenters. The van der Waals surface area contributed by atoms with Gasteiger partial charge in [-0.15, -0.1) is 0 Å². The summed E-state index contributed by atoms with van der Waals surface area (Å²) in [4.78, 5) is 23.3. The smallest absolute Gasteiger partial charge is 0.322 e. The van der Waals surface area contributed by atoms with Gasteiger partial charge in [0.15, 0.2) is 11.9 Å². The van der Waals surface area contributed by atoms with Gasteiger partial charge < -0.3 is 5.32 Å². The summed E-state index contributed by atoms with van der Waals surface area (Å²) in [7, 11) is 0. The van der Waals surface area contributed by atoms with Crippen LogP contribution < -0.4 is 15.2 Å². The predicted molar refractivity (Wildman–Crippen MR) is 72.5 cm³/mol. The highest BCUT2D eigenvalue weighted by atomic mass is 16.2. The Kier molecular flexibility index (Phi) is 4.64. The van der Waals surface area contributed by atoms with Crippen molar-refractivity contribution in [2.24, 2.45) is 0 Å². The van der Waals surface area contributed by atoms with Crippen LogP contribution >= 0.6 is 0 Å². The van der Waals surface area contributed by atoms with Gasteiger partial charge in [0.25, 0.3) is 5.91 Å². The third-order valence-electron chi connectivity index (χ3n) is 2.67. The maximum Gasteiger partial charge on any atom is 0.322 e. The van der Waals surface area contributed by atoms with Crippen LogP contribution in [0.5, 0.6) is 0 Å². The van der Waals surface area contributed by atoms with Gasteiger partial charge in [0.05, 0.1) is 0 Å². The zero-order valence-electron chi connectivity index (χ0n) is 12.2. The highest BCUT2D eigenvalue weighted by molar-refractivity contribution is 5.93. The second-order valence-corrected chi connectivity index (χ2v) is 5.66. The Morgan fingerprint density at radius 2 is 1.89 bits per heavy atom. The minimum absolute atomic E-state index is 0.130. The third-order valence-corrected chi connectivity index (χ3v) is 2.67. The number of urea groups is 1. The second-order valence-electron chi connectivity index (χ2n) is 5.66. The molecule has 19 heavy (non-hydrogen) atoms. The van der Waals surface area contributed by atoms with Gasteiger partial charge in [0.1, 0.15) is 0 Å². The molecule has 0 aliphatic heterocycles. The fraction of sp³-hybridized carbons (Fsp3) is 0.500. The fourth-order valence-corrected chi connectivity index (χ4v) is 1.61. The number of nitrogens with one attached hydrogen (secondary N) is 2. The minimum Gasteiger partial charge on any atom is -0.333 e. The van der Waals surface area contributed by atoms with Crippen molar-refractivity contribution in [2.45, 2.75) is 46.7 Å². The monoisotopic (exact) mass is 264 g/mol. The molecule has 5 heteroatoms. The molecule has 0 saturated carbocycles. The number of aromatic nitrogens is 1. The van der Waals surface area contributed by atoms with E-state index in [4.69, 9.17) is 0 Å². The normalized spacial score (nSPS) is 11.0. The van der Waals surface area contributed by atoms with Gasteiger partial charge in [-0.1, -0.05) is 0 Å². The van der Waals surface area contributed by atoms with Crippen LogP contribution in [0.1, 0.15) is 32.0 Å². The van der Waals surface area contributed by atoms with Crippen molar-refractivity contribution in [3.05, 3.63) is 29.6 Å².